The predicted octanol–water partition coefficient (Wildman–Crippen LogP) is 2.45. The topological polar surface area (TPSA) is 46.3 Å². The number of hydrogen-bond donors (Lipinski definition) is 1. The summed E-state index contributed by atoms with van der Waals surface area (Å²) < 4.78 is 38.3. The molecule has 104 valence electrons. The SMILES string of the molecule is CC(C)CC=C(C=C(C(N)=O)N(C)C)C(F)(F)F. The van der Waals surface area contributed by atoms with Crippen molar-refractivity contribution >= 4 is 5.91 Å². The van der Waals surface area contributed by atoms with E-state index in [0.717, 1.165) is 12.2 Å². The van der Waals surface area contributed by atoms with Crippen LogP contribution in [0.5, 0.6) is 0 Å². The third-order valence-electron chi connectivity index (χ3n) is 2.16. The second-order valence-electron chi connectivity index (χ2n) is 4.58. The van der Waals surface area contributed by atoms with Crippen LogP contribution in [0.3, 0.4) is 0 Å². The molecule has 0 saturated carbocycles. The lowest BCUT2D eigenvalue weighted by Gasteiger charge is -2.16. The van der Waals surface area contributed by atoms with Gasteiger partial charge >= 0.3 is 6.18 Å². The highest BCUT2D eigenvalue weighted by Crippen LogP contribution is 2.28. The van der Waals surface area contributed by atoms with E-state index in [2.05, 4.69) is 0 Å². The van der Waals surface area contributed by atoms with Crippen LogP contribution in [0.1, 0.15) is 20.3 Å². The van der Waals surface area contributed by atoms with Gasteiger partial charge in [-0.05, 0) is 18.4 Å². The Hall–Kier alpha value is -1.46. The molecule has 0 rings (SSSR count). The largest absolute Gasteiger partial charge is 0.416 e. The van der Waals surface area contributed by atoms with Crippen LogP contribution in [0.25, 0.3) is 0 Å². The van der Waals surface area contributed by atoms with Gasteiger partial charge in [-0.3, -0.25) is 4.79 Å². The molecule has 0 spiro atoms. The number of nitrogens with zero attached hydrogens (tertiary/aromatic N) is 1. The third-order valence-corrected chi connectivity index (χ3v) is 2.16. The minimum atomic E-state index is -4.49. The van der Waals surface area contributed by atoms with Gasteiger partial charge in [-0.25, -0.2) is 0 Å². The smallest absolute Gasteiger partial charge is 0.373 e. The zero-order valence-corrected chi connectivity index (χ0v) is 11.0. The van der Waals surface area contributed by atoms with Crippen LogP contribution >= 0.6 is 0 Å². The number of carbonyl (C=O) groups excluding carboxylic acids is 1. The zero-order chi connectivity index (χ0) is 14.5. The highest BCUT2D eigenvalue weighted by Gasteiger charge is 2.32. The quantitative estimate of drug-likeness (QED) is 0.612. The fraction of sp³-hybridized carbons (Fsp3) is 0.583. The highest BCUT2D eigenvalue weighted by atomic mass is 19.4. The summed E-state index contributed by atoms with van der Waals surface area (Å²) >= 11 is 0. The normalized spacial score (nSPS) is 14.0. The highest BCUT2D eigenvalue weighted by molar-refractivity contribution is 5.91. The van der Waals surface area contributed by atoms with Crippen molar-refractivity contribution in [3.63, 3.8) is 0 Å². The molecule has 0 unspecified atom stereocenters. The van der Waals surface area contributed by atoms with Crippen LogP contribution in [0.2, 0.25) is 0 Å². The van der Waals surface area contributed by atoms with Crippen molar-refractivity contribution < 1.29 is 18.0 Å². The molecule has 0 radical (unpaired) electrons. The summed E-state index contributed by atoms with van der Waals surface area (Å²) in [4.78, 5) is 12.3. The minimum absolute atomic E-state index is 0.104. The Morgan fingerprint density at radius 1 is 1.33 bits per heavy atom. The molecule has 0 atom stereocenters. The molecule has 0 aromatic carbocycles. The second kappa shape index (κ2) is 6.47. The van der Waals surface area contributed by atoms with Gasteiger partial charge in [0, 0.05) is 14.1 Å². The van der Waals surface area contributed by atoms with Crippen LogP contribution in [0, 0.1) is 5.92 Å². The van der Waals surface area contributed by atoms with Gasteiger partial charge in [-0.15, -0.1) is 0 Å². The van der Waals surface area contributed by atoms with Gasteiger partial charge in [0.2, 0.25) is 0 Å². The number of hydrogen-bond acceptors (Lipinski definition) is 2. The van der Waals surface area contributed by atoms with E-state index < -0.39 is 17.7 Å². The number of carbonyl (C=O) groups is 1. The standard InChI is InChI=1S/C12H19F3N2O/c1-8(2)5-6-9(12(13,14)15)7-10(11(16)18)17(3)4/h6-8H,5H2,1-4H3,(H2,16,18). The summed E-state index contributed by atoms with van der Waals surface area (Å²) in [5.74, 6) is -0.785. The van der Waals surface area contributed by atoms with Crippen LogP contribution in [0.4, 0.5) is 13.2 Å². The second-order valence-corrected chi connectivity index (χ2v) is 4.58. The maximum Gasteiger partial charge on any atom is 0.416 e. The van der Waals surface area contributed by atoms with Crippen molar-refractivity contribution in [2.45, 2.75) is 26.4 Å². The van der Waals surface area contributed by atoms with Crippen LogP contribution in [-0.2, 0) is 4.79 Å². The first kappa shape index (κ1) is 16.5. The van der Waals surface area contributed by atoms with Gasteiger partial charge in [-0.1, -0.05) is 19.9 Å². The lowest BCUT2D eigenvalue weighted by molar-refractivity contribution is -0.115. The molecule has 0 aromatic heterocycles. The lowest BCUT2D eigenvalue weighted by Crippen LogP contribution is -2.26. The molecule has 0 aliphatic rings. The maximum atomic E-state index is 12.8. The molecular weight excluding hydrogens is 245 g/mol. The molecule has 0 bridgehead atoms. The van der Waals surface area contributed by atoms with Gasteiger partial charge in [0.25, 0.3) is 5.91 Å². The van der Waals surface area contributed by atoms with E-state index in [9.17, 15) is 18.0 Å². The summed E-state index contributed by atoms with van der Waals surface area (Å²) in [6, 6.07) is 0. The van der Waals surface area contributed by atoms with Gasteiger partial charge in [-0.2, -0.15) is 13.2 Å². The number of alkyl halides is 3. The summed E-state index contributed by atoms with van der Waals surface area (Å²) in [5, 5.41) is 0. The number of likely N-dealkylation sites (N-methyl/N-ethyl adjacent to an activating group) is 1. The van der Waals surface area contributed by atoms with Gasteiger partial charge in [0.15, 0.2) is 0 Å². The number of halogens is 3. The van der Waals surface area contributed by atoms with E-state index in [1.807, 2.05) is 13.8 Å². The van der Waals surface area contributed by atoms with E-state index >= 15 is 0 Å². The fourth-order valence-electron chi connectivity index (χ4n) is 1.19. The maximum absolute atomic E-state index is 12.8. The van der Waals surface area contributed by atoms with Gasteiger partial charge in [0.05, 0.1) is 5.57 Å². The van der Waals surface area contributed by atoms with Crippen molar-refractivity contribution in [3.8, 4) is 0 Å². The van der Waals surface area contributed by atoms with E-state index in [1.165, 1.54) is 19.0 Å². The average Bonchev–Trinajstić information content (AvgIpc) is 2.13. The monoisotopic (exact) mass is 264 g/mol. The number of allylic oxidation sites excluding steroid dienone is 3. The van der Waals surface area contributed by atoms with Crippen LogP contribution in [0.15, 0.2) is 23.4 Å². The van der Waals surface area contributed by atoms with Crippen molar-refractivity contribution in [2.24, 2.45) is 11.7 Å². The Kier molecular flexibility index (Phi) is 5.94. The molecular formula is C12H19F3N2O. The zero-order valence-electron chi connectivity index (χ0n) is 11.0. The molecule has 0 aliphatic carbocycles. The van der Waals surface area contributed by atoms with E-state index in [1.54, 1.807) is 0 Å². The van der Waals surface area contributed by atoms with Crippen molar-refractivity contribution in [3.05, 3.63) is 23.4 Å². The molecule has 0 heterocycles. The predicted molar refractivity (Wildman–Crippen MR) is 64.6 cm³/mol. The Morgan fingerprint density at radius 3 is 2.11 bits per heavy atom. The number of primary amides is 1. The molecule has 0 fully saturated rings. The van der Waals surface area contributed by atoms with Gasteiger partial charge < -0.3 is 10.6 Å². The summed E-state index contributed by atoms with van der Waals surface area (Å²) in [7, 11) is 2.93. The minimum Gasteiger partial charge on any atom is -0.373 e. The average molecular weight is 264 g/mol. The van der Waals surface area contributed by atoms with Crippen LogP contribution in [-0.4, -0.2) is 31.1 Å². The lowest BCUT2D eigenvalue weighted by atomic mass is 10.1. The summed E-state index contributed by atoms with van der Waals surface area (Å²) in [5.41, 5.74) is 4.01. The van der Waals surface area contributed by atoms with E-state index in [4.69, 9.17) is 5.73 Å². The molecule has 3 nitrogen and oxygen atoms in total. The molecule has 0 aromatic rings. The van der Waals surface area contributed by atoms with Crippen molar-refractivity contribution in [1.82, 2.24) is 4.90 Å². The third kappa shape index (κ3) is 5.75. The molecule has 6 heteroatoms. The van der Waals surface area contributed by atoms with E-state index in [-0.39, 0.29) is 18.0 Å². The number of rotatable bonds is 5. The van der Waals surface area contributed by atoms with Crippen molar-refractivity contribution in [1.29, 1.82) is 0 Å². The molecule has 2 N–H and O–H groups in total. The summed E-state index contributed by atoms with van der Waals surface area (Å²) in [6.07, 6.45) is -2.35. The Morgan fingerprint density at radius 2 is 1.83 bits per heavy atom. The molecule has 1 amide bonds. The first-order valence-corrected chi connectivity index (χ1v) is 5.52. The molecule has 0 aliphatic heterocycles. The van der Waals surface area contributed by atoms with E-state index in [0.29, 0.717) is 0 Å². The Balaban J connectivity index is 5.40. The first-order valence-electron chi connectivity index (χ1n) is 5.52. The van der Waals surface area contributed by atoms with Crippen LogP contribution < -0.4 is 5.73 Å². The van der Waals surface area contributed by atoms with Crippen molar-refractivity contribution in [2.75, 3.05) is 14.1 Å². The fourth-order valence-corrected chi connectivity index (χ4v) is 1.19. The Bertz CT molecular complexity index is 355. The summed E-state index contributed by atoms with van der Waals surface area (Å²) in [6.45, 7) is 3.63. The Labute approximate surface area is 105 Å². The first-order chi connectivity index (χ1) is 8.05. The number of amides is 1. The van der Waals surface area contributed by atoms with Gasteiger partial charge in [0.1, 0.15) is 5.70 Å². The molecule has 18 heavy (non-hydrogen) atoms. The molecule has 0 saturated heterocycles. The number of nitrogens with two attached hydrogens (primary N) is 1.